The molecule has 2 rings (SSSR count). The van der Waals surface area contributed by atoms with E-state index in [-0.39, 0.29) is 12.1 Å². The highest BCUT2D eigenvalue weighted by Gasteiger charge is 2.09. The second-order valence-corrected chi connectivity index (χ2v) is 8.97. The molecule has 2 aromatic carbocycles. The van der Waals surface area contributed by atoms with Crippen molar-refractivity contribution in [1.29, 1.82) is 0 Å². The van der Waals surface area contributed by atoms with E-state index in [1.54, 1.807) is 49.9 Å². The third-order valence-electron chi connectivity index (χ3n) is 4.80. The topological polar surface area (TPSA) is 64.7 Å². The first-order valence-electron chi connectivity index (χ1n) is 10.5. The number of anilines is 2. The van der Waals surface area contributed by atoms with Gasteiger partial charge in [-0.3, -0.25) is 0 Å². The molecule has 0 atom stereocenters. The highest BCUT2D eigenvalue weighted by Crippen LogP contribution is 2.17. The van der Waals surface area contributed by atoms with Crippen LogP contribution in [0.1, 0.15) is 25.0 Å². The average molecular weight is 489 g/mol. The minimum atomic E-state index is -0.200. The third kappa shape index (κ3) is 9.60. The number of likely N-dealkylation sites (N-methyl/N-ethyl adjacent to an activating group) is 2. The number of hydrogen-bond donors (Lipinski definition) is 2. The number of nitrogens with zero attached hydrogens (tertiary/aromatic N) is 2. The number of carbonyl (C=O) groups excluding carboxylic acids is 2. The van der Waals surface area contributed by atoms with Crippen LogP contribution in [0.25, 0.3) is 0 Å². The van der Waals surface area contributed by atoms with Gasteiger partial charge in [0, 0.05) is 48.6 Å². The zero-order chi connectivity index (χ0) is 24.4. The molecule has 0 fully saturated rings. The minimum absolute atomic E-state index is 0.200. The highest BCUT2D eigenvalue weighted by atomic mass is 35.5. The van der Waals surface area contributed by atoms with Crippen LogP contribution in [0.15, 0.2) is 70.7 Å². The highest BCUT2D eigenvalue weighted by molar-refractivity contribution is 6.29. The van der Waals surface area contributed by atoms with E-state index in [0.717, 1.165) is 28.9 Å². The summed E-state index contributed by atoms with van der Waals surface area (Å²) >= 11 is 11.6. The lowest BCUT2D eigenvalue weighted by atomic mass is 10.0. The van der Waals surface area contributed by atoms with Crippen molar-refractivity contribution in [3.8, 4) is 0 Å². The molecule has 0 saturated carbocycles. The summed E-state index contributed by atoms with van der Waals surface area (Å²) < 4.78 is 0. The summed E-state index contributed by atoms with van der Waals surface area (Å²) in [4.78, 5) is 27.5. The van der Waals surface area contributed by atoms with Crippen LogP contribution in [0.4, 0.5) is 21.0 Å². The lowest BCUT2D eigenvalue weighted by molar-refractivity contribution is 0.226. The number of allylic oxidation sites excluding steroid dienone is 2. The molecule has 0 spiro atoms. The van der Waals surface area contributed by atoms with E-state index in [0.29, 0.717) is 23.2 Å². The van der Waals surface area contributed by atoms with Crippen LogP contribution in [0, 0.1) is 0 Å². The van der Waals surface area contributed by atoms with Gasteiger partial charge in [0.25, 0.3) is 0 Å². The van der Waals surface area contributed by atoms with Crippen molar-refractivity contribution >= 4 is 46.6 Å². The van der Waals surface area contributed by atoms with Gasteiger partial charge in [-0.25, -0.2) is 9.59 Å². The van der Waals surface area contributed by atoms with Gasteiger partial charge in [0.15, 0.2) is 0 Å². The lowest BCUT2D eigenvalue weighted by Gasteiger charge is -2.16. The monoisotopic (exact) mass is 488 g/mol. The molecule has 2 N–H and O–H groups in total. The summed E-state index contributed by atoms with van der Waals surface area (Å²) in [6, 6.07) is 15.0. The molecule has 0 aliphatic carbocycles. The lowest BCUT2D eigenvalue weighted by Crippen LogP contribution is -2.31. The predicted octanol–water partition coefficient (Wildman–Crippen LogP) is 6.49. The number of rotatable bonds is 8. The van der Waals surface area contributed by atoms with Gasteiger partial charge < -0.3 is 20.4 Å². The summed E-state index contributed by atoms with van der Waals surface area (Å²) in [5.74, 6) is 0. The number of urea groups is 2. The van der Waals surface area contributed by atoms with Crippen molar-refractivity contribution in [3.63, 3.8) is 0 Å². The van der Waals surface area contributed by atoms with Gasteiger partial charge in [0.2, 0.25) is 0 Å². The number of benzene rings is 2. The Labute approximate surface area is 205 Å². The Hall–Kier alpha value is -2.96. The Kier molecular flexibility index (Phi) is 10.3. The zero-order valence-corrected chi connectivity index (χ0v) is 20.9. The van der Waals surface area contributed by atoms with E-state index in [9.17, 15) is 9.59 Å². The van der Waals surface area contributed by atoms with Gasteiger partial charge >= 0.3 is 12.1 Å². The van der Waals surface area contributed by atoms with E-state index in [1.807, 2.05) is 48.5 Å². The van der Waals surface area contributed by atoms with Gasteiger partial charge in [-0.05, 0) is 55.7 Å². The van der Waals surface area contributed by atoms with Crippen LogP contribution in [0.3, 0.4) is 0 Å². The Morgan fingerprint density at radius 2 is 1.06 bits per heavy atom. The summed E-state index contributed by atoms with van der Waals surface area (Å²) in [6.07, 6.45) is 4.29. The second kappa shape index (κ2) is 12.9. The molecule has 4 amide bonds. The predicted molar refractivity (Wildman–Crippen MR) is 138 cm³/mol. The molecule has 176 valence electrons. The van der Waals surface area contributed by atoms with E-state index < -0.39 is 0 Å². The molecule has 33 heavy (non-hydrogen) atoms. The normalized spacial score (nSPS) is 11.7. The number of hydrogen-bond acceptors (Lipinski definition) is 2. The maximum Gasteiger partial charge on any atom is 0.321 e. The number of carbonyl (C=O) groups is 2. The standard InChI is InChI=1S/C25H30Cl2N4O2/c1-18(26)13-15-30(3)24(32)28-22-9-5-20(6-10-22)17-21-7-11-23(12-8-21)29-25(33)31(4)16-14-19(2)27/h5-14H,15-17H2,1-4H3,(H,28,32)(H,29,33)/b18-13+,19-14+. The fourth-order valence-corrected chi connectivity index (χ4v) is 2.91. The van der Waals surface area contributed by atoms with Crippen molar-refractivity contribution in [2.45, 2.75) is 20.3 Å². The molecule has 0 heterocycles. The smallest absolute Gasteiger partial charge is 0.321 e. The quantitative estimate of drug-likeness (QED) is 0.445. The largest absolute Gasteiger partial charge is 0.324 e. The number of nitrogens with one attached hydrogen (secondary N) is 2. The summed E-state index contributed by atoms with van der Waals surface area (Å²) in [6.45, 7) is 4.43. The average Bonchev–Trinajstić information content (AvgIpc) is 2.78. The van der Waals surface area contributed by atoms with Crippen molar-refractivity contribution in [2.24, 2.45) is 0 Å². The van der Waals surface area contributed by atoms with Crippen LogP contribution >= 0.6 is 23.2 Å². The number of amides is 4. The van der Waals surface area contributed by atoms with Gasteiger partial charge in [-0.2, -0.15) is 0 Å². The van der Waals surface area contributed by atoms with E-state index in [4.69, 9.17) is 23.2 Å². The molecule has 0 bridgehead atoms. The van der Waals surface area contributed by atoms with Gasteiger partial charge in [-0.15, -0.1) is 0 Å². The van der Waals surface area contributed by atoms with Crippen LogP contribution in [-0.4, -0.2) is 49.0 Å². The first-order chi connectivity index (χ1) is 15.6. The molecule has 0 aliphatic rings. The van der Waals surface area contributed by atoms with Crippen LogP contribution < -0.4 is 10.6 Å². The second-order valence-electron chi connectivity index (χ2n) is 7.77. The Morgan fingerprint density at radius 3 is 1.36 bits per heavy atom. The molecule has 0 saturated heterocycles. The van der Waals surface area contributed by atoms with Gasteiger partial charge in [0.1, 0.15) is 0 Å². The van der Waals surface area contributed by atoms with Crippen molar-refractivity contribution in [1.82, 2.24) is 9.80 Å². The Bertz CT molecular complexity index is 913. The third-order valence-corrected chi connectivity index (χ3v) is 5.11. The van der Waals surface area contributed by atoms with Crippen LogP contribution in [0.5, 0.6) is 0 Å². The number of halogens is 2. The Morgan fingerprint density at radius 1 is 0.727 bits per heavy atom. The first-order valence-corrected chi connectivity index (χ1v) is 11.3. The molecular formula is C25H30Cl2N4O2. The molecule has 8 heteroatoms. The zero-order valence-electron chi connectivity index (χ0n) is 19.4. The molecule has 0 radical (unpaired) electrons. The van der Waals surface area contributed by atoms with Crippen LogP contribution in [-0.2, 0) is 6.42 Å². The Balaban J connectivity index is 1.88. The fraction of sp³-hybridized carbons (Fsp3) is 0.280. The summed E-state index contributed by atoms with van der Waals surface area (Å²) in [5.41, 5.74) is 3.68. The van der Waals surface area contributed by atoms with Gasteiger partial charge in [-0.1, -0.05) is 59.6 Å². The first kappa shape index (κ1) is 26.3. The fourth-order valence-electron chi connectivity index (χ4n) is 2.78. The molecule has 0 aromatic heterocycles. The van der Waals surface area contributed by atoms with E-state index in [2.05, 4.69) is 10.6 Å². The van der Waals surface area contributed by atoms with E-state index in [1.165, 1.54) is 0 Å². The van der Waals surface area contributed by atoms with Crippen molar-refractivity contribution in [3.05, 3.63) is 81.9 Å². The van der Waals surface area contributed by atoms with Crippen molar-refractivity contribution < 1.29 is 9.59 Å². The van der Waals surface area contributed by atoms with Gasteiger partial charge in [0.05, 0.1) is 0 Å². The van der Waals surface area contributed by atoms with Crippen LogP contribution in [0.2, 0.25) is 0 Å². The summed E-state index contributed by atoms with van der Waals surface area (Å²) in [5, 5.41) is 7.03. The van der Waals surface area contributed by atoms with E-state index >= 15 is 0 Å². The molecule has 2 aromatic rings. The van der Waals surface area contributed by atoms with Crippen molar-refractivity contribution in [2.75, 3.05) is 37.8 Å². The SMILES string of the molecule is C/C(Cl)=C\CN(C)C(=O)Nc1ccc(Cc2ccc(NC(=O)N(C)C/C=C(\C)Cl)cc2)cc1. The molecular weight excluding hydrogens is 459 g/mol. The molecule has 0 unspecified atom stereocenters. The molecule has 0 aliphatic heterocycles. The summed E-state index contributed by atoms with van der Waals surface area (Å²) in [7, 11) is 3.42. The molecule has 6 nitrogen and oxygen atoms in total. The minimum Gasteiger partial charge on any atom is -0.324 e. The maximum atomic E-state index is 12.2. The maximum absolute atomic E-state index is 12.2.